The van der Waals surface area contributed by atoms with Gasteiger partial charge in [0.25, 0.3) is 0 Å². The molecule has 0 unspecified atom stereocenters. The van der Waals surface area contributed by atoms with Crippen LogP contribution >= 0.6 is 0 Å². The first kappa shape index (κ1) is 16.4. The molecular weight excluding hydrogens is 326 g/mol. The molecule has 5 nitrogen and oxygen atoms in total. The van der Waals surface area contributed by atoms with Gasteiger partial charge >= 0.3 is 6.09 Å². The number of amides is 1. The van der Waals surface area contributed by atoms with Gasteiger partial charge in [-0.15, -0.1) is 0 Å². The maximum atomic E-state index is 12.4. The van der Waals surface area contributed by atoms with Crippen molar-refractivity contribution in [2.45, 2.75) is 19.6 Å². The predicted molar refractivity (Wildman–Crippen MR) is 99.4 cm³/mol. The highest BCUT2D eigenvalue weighted by molar-refractivity contribution is 5.68. The Morgan fingerprint density at radius 3 is 2.50 bits per heavy atom. The third kappa shape index (κ3) is 3.20. The van der Waals surface area contributed by atoms with Crippen molar-refractivity contribution in [2.24, 2.45) is 7.05 Å². The first-order chi connectivity index (χ1) is 12.7. The molecule has 0 spiro atoms. The van der Waals surface area contributed by atoms with Gasteiger partial charge in [0, 0.05) is 25.6 Å². The minimum atomic E-state index is -0.276. The topological polar surface area (TPSA) is 47.4 Å². The standard InChI is InChI=1S/C21H21N3O2/c1-23-19-14-24(21(25)26-15-16-8-4-2-5-9-16)13-12-18(19)22-20(23)17-10-6-3-7-11-17/h2-11H,12-15H2,1H3. The first-order valence-corrected chi connectivity index (χ1v) is 8.78. The fourth-order valence-electron chi connectivity index (χ4n) is 3.30. The van der Waals surface area contributed by atoms with E-state index in [-0.39, 0.29) is 6.09 Å². The smallest absolute Gasteiger partial charge is 0.410 e. The second kappa shape index (κ2) is 7.04. The minimum absolute atomic E-state index is 0.276. The Morgan fingerprint density at radius 1 is 1.08 bits per heavy atom. The van der Waals surface area contributed by atoms with E-state index in [1.807, 2.05) is 55.6 Å². The second-order valence-corrected chi connectivity index (χ2v) is 6.47. The zero-order valence-corrected chi connectivity index (χ0v) is 14.8. The third-order valence-electron chi connectivity index (χ3n) is 4.75. The number of ether oxygens (including phenoxy) is 1. The molecule has 1 aromatic heterocycles. The molecule has 2 aromatic carbocycles. The number of nitrogens with zero attached hydrogens (tertiary/aromatic N) is 3. The van der Waals surface area contributed by atoms with Crippen LogP contribution in [-0.4, -0.2) is 27.1 Å². The number of imidazole rings is 1. The van der Waals surface area contributed by atoms with E-state index in [1.165, 1.54) is 0 Å². The largest absolute Gasteiger partial charge is 0.445 e. The maximum absolute atomic E-state index is 12.4. The molecule has 0 radical (unpaired) electrons. The van der Waals surface area contributed by atoms with Crippen LogP contribution in [0, 0.1) is 0 Å². The van der Waals surface area contributed by atoms with Gasteiger partial charge < -0.3 is 14.2 Å². The number of aromatic nitrogens is 2. The zero-order chi connectivity index (χ0) is 17.9. The molecule has 2 heterocycles. The SMILES string of the molecule is Cn1c(-c2ccccc2)nc2c1CN(C(=O)OCc1ccccc1)CC2. The van der Waals surface area contributed by atoms with Gasteiger partial charge in [-0.3, -0.25) is 0 Å². The third-order valence-corrected chi connectivity index (χ3v) is 4.75. The molecule has 0 aliphatic carbocycles. The first-order valence-electron chi connectivity index (χ1n) is 8.78. The highest BCUT2D eigenvalue weighted by Crippen LogP contribution is 2.26. The van der Waals surface area contributed by atoms with E-state index in [1.54, 1.807) is 4.90 Å². The summed E-state index contributed by atoms with van der Waals surface area (Å²) in [6.07, 6.45) is 0.471. The quantitative estimate of drug-likeness (QED) is 0.724. The van der Waals surface area contributed by atoms with Crippen LogP contribution in [0.4, 0.5) is 4.79 Å². The van der Waals surface area contributed by atoms with Crippen molar-refractivity contribution >= 4 is 6.09 Å². The summed E-state index contributed by atoms with van der Waals surface area (Å²) in [4.78, 5) is 19.0. The van der Waals surface area contributed by atoms with Gasteiger partial charge in [0.05, 0.1) is 17.9 Å². The zero-order valence-electron chi connectivity index (χ0n) is 14.8. The van der Waals surface area contributed by atoms with E-state index in [4.69, 9.17) is 9.72 Å². The van der Waals surface area contributed by atoms with E-state index in [2.05, 4.69) is 16.7 Å². The Labute approximate surface area is 152 Å². The normalized spacial score (nSPS) is 13.3. The Balaban J connectivity index is 1.47. The molecule has 3 aromatic rings. The maximum Gasteiger partial charge on any atom is 0.410 e. The molecule has 5 heteroatoms. The summed E-state index contributed by atoms with van der Waals surface area (Å²) < 4.78 is 7.56. The minimum Gasteiger partial charge on any atom is -0.445 e. The van der Waals surface area contributed by atoms with Crippen molar-refractivity contribution in [1.82, 2.24) is 14.5 Å². The molecular formula is C21H21N3O2. The number of carbonyl (C=O) groups is 1. The van der Waals surface area contributed by atoms with Crippen LogP contribution in [0.1, 0.15) is 17.0 Å². The number of fused-ring (bicyclic) bond motifs is 1. The number of benzene rings is 2. The average Bonchev–Trinajstić information content (AvgIpc) is 3.04. The molecule has 0 N–H and O–H groups in total. The summed E-state index contributed by atoms with van der Waals surface area (Å²) >= 11 is 0. The van der Waals surface area contributed by atoms with Crippen molar-refractivity contribution in [3.63, 3.8) is 0 Å². The summed E-state index contributed by atoms with van der Waals surface area (Å²) in [5, 5.41) is 0. The molecule has 1 amide bonds. The van der Waals surface area contributed by atoms with E-state index in [0.717, 1.165) is 34.8 Å². The number of rotatable bonds is 3. The number of hydrogen-bond donors (Lipinski definition) is 0. The van der Waals surface area contributed by atoms with E-state index in [0.29, 0.717) is 19.7 Å². The molecule has 4 rings (SSSR count). The van der Waals surface area contributed by atoms with Crippen LogP contribution in [0.15, 0.2) is 60.7 Å². The molecule has 0 atom stereocenters. The Kier molecular flexibility index (Phi) is 4.44. The van der Waals surface area contributed by atoms with Gasteiger partial charge in [-0.2, -0.15) is 0 Å². The fraction of sp³-hybridized carbons (Fsp3) is 0.238. The van der Waals surface area contributed by atoms with Gasteiger partial charge in [0.15, 0.2) is 0 Å². The number of hydrogen-bond acceptors (Lipinski definition) is 3. The Hall–Kier alpha value is -3.08. The molecule has 0 bridgehead atoms. The second-order valence-electron chi connectivity index (χ2n) is 6.47. The van der Waals surface area contributed by atoms with Crippen LogP contribution in [-0.2, 0) is 31.4 Å². The van der Waals surface area contributed by atoms with Crippen LogP contribution in [0.25, 0.3) is 11.4 Å². The molecule has 0 fully saturated rings. The van der Waals surface area contributed by atoms with Crippen molar-refractivity contribution in [3.8, 4) is 11.4 Å². The van der Waals surface area contributed by atoms with Gasteiger partial charge in [-0.1, -0.05) is 60.7 Å². The van der Waals surface area contributed by atoms with Gasteiger partial charge in [-0.25, -0.2) is 9.78 Å². The van der Waals surface area contributed by atoms with Crippen molar-refractivity contribution in [3.05, 3.63) is 77.6 Å². The van der Waals surface area contributed by atoms with Crippen LogP contribution in [0.3, 0.4) is 0 Å². The lowest BCUT2D eigenvalue weighted by atomic mass is 10.1. The average molecular weight is 347 g/mol. The van der Waals surface area contributed by atoms with E-state index < -0.39 is 0 Å². The predicted octanol–water partition coefficient (Wildman–Crippen LogP) is 3.78. The molecule has 132 valence electrons. The van der Waals surface area contributed by atoms with Gasteiger partial charge in [0.2, 0.25) is 0 Å². The van der Waals surface area contributed by atoms with Gasteiger partial charge in [-0.05, 0) is 5.56 Å². The van der Waals surface area contributed by atoms with Crippen molar-refractivity contribution < 1.29 is 9.53 Å². The van der Waals surface area contributed by atoms with E-state index >= 15 is 0 Å². The summed E-state index contributed by atoms with van der Waals surface area (Å²) in [5.74, 6) is 0.940. The van der Waals surface area contributed by atoms with Gasteiger partial charge in [0.1, 0.15) is 12.4 Å². The van der Waals surface area contributed by atoms with Crippen molar-refractivity contribution in [1.29, 1.82) is 0 Å². The van der Waals surface area contributed by atoms with Crippen LogP contribution < -0.4 is 0 Å². The highest BCUT2D eigenvalue weighted by atomic mass is 16.6. The summed E-state index contributed by atoms with van der Waals surface area (Å²) in [6, 6.07) is 19.9. The Bertz CT molecular complexity index is 904. The molecule has 26 heavy (non-hydrogen) atoms. The van der Waals surface area contributed by atoms with E-state index in [9.17, 15) is 4.79 Å². The lowest BCUT2D eigenvalue weighted by Crippen LogP contribution is -2.37. The fourth-order valence-corrected chi connectivity index (χ4v) is 3.30. The molecule has 1 aliphatic rings. The molecule has 0 saturated carbocycles. The van der Waals surface area contributed by atoms with Crippen LogP contribution in [0.5, 0.6) is 0 Å². The molecule has 0 saturated heterocycles. The highest BCUT2D eigenvalue weighted by Gasteiger charge is 2.26. The van der Waals surface area contributed by atoms with Crippen molar-refractivity contribution in [2.75, 3.05) is 6.54 Å². The Morgan fingerprint density at radius 2 is 1.77 bits per heavy atom. The summed E-state index contributed by atoms with van der Waals surface area (Å²) in [6.45, 7) is 1.45. The molecule has 1 aliphatic heterocycles. The summed E-state index contributed by atoms with van der Waals surface area (Å²) in [5.41, 5.74) is 4.22. The monoisotopic (exact) mass is 347 g/mol. The summed E-state index contributed by atoms with van der Waals surface area (Å²) in [7, 11) is 2.01. The lowest BCUT2D eigenvalue weighted by molar-refractivity contribution is 0.0909. The number of carbonyl (C=O) groups excluding carboxylic acids is 1. The lowest BCUT2D eigenvalue weighted by Gasteiger charge is -2.26. The van der Waals surface area contributed by atoms with Crippen LogP contribution in [0.2, 0.25) is 0 Å².